The molecule has 3 aromatic heterocycles. The van der Waals surface area contributed by atoms with Crippen molar-refractivity contribution in [1.82, 2.24) is 18.5 Å². The molecule has 0 radical (unpaired) electrons. The monoisotopic (exact) mass is 494 g/mol. The molecule has 0 saturated carbocycles. The van der Waals surface area contributed by atoms with Crippen LogP contribution in [0.1, 0.15) is 26.5 Å². The highest BCUT2D eigenvalue weighted by molar-refractivity contribution is 6.08. The van der Waals surface area contributed by atoms with E-state index in [4.69, 9.17) is 5.73 Å². The van der Waals surface area contributed by atoms with Gasteiger partial charge >= 0.3 is 5.69 Å². The average molecular weight is 495 g/mol. The number of amides is 2. The van der Waals surface area contributed by atoms with Crippen LogP contribution in [-0.4, -0.2) is 30.3 Å². The standard InChI is InChI=1S/C27H22N6O4/c1-16-14-32-15-19(17-6-8-21(9-7-17)33-23(34)10-11-31(2)27(33)37)13-22(32)24(29-16)26(36)30-20-5-3-4-18(12-20)25(28)35/h3-15H,1-2H3,(H2,28,35)(H,30,36). The lowest BCUT2D eigenvalue weighted by Gasteiger charge is -2.08. The van der Waals surface area contributed by atoms with Crippen molar-refractivity contribution in [3.63, 3.8) is 0 Å². The molecule has 5 aromatic rings. The first kappa shape index (κ1) is 23.5. The molecule has 0 fully saturated rings. The Morgan fingerprint density at radius 2 is 1.70 bits per heavy atom. The fraction of sp³-hybridized carbons (Fsp3) is 0.0741. The molecule has 0 spiro atoms. The number of hydrogen-bond acceptors (Lipinski definition) is 5. The fourth-order valence-corrected chi connectivity index (χ4v) is 4.11. The molecule has 10 nitrogen and oxygen atoms in total. The van der Waals surface area contributed by atoms with Gasteiger partial charge in [-0.15, -0.1) is 0 Å². The van der Waals surface area contributed by atoms with Crippen LogP contribution < -0.4 is 22.3 Å². The molecule has 10 heteroatoms. The number of rotatable bonds is 5. The first-order valence-electron chi connectivity index (χ1n) is 11.3. The number of aromatic nitrogens is 4. The first-order valence-corrected chi connectivity index (χ1v) is 11.3. The summed E-state index contributed by atoms with van der Waals surface area (Å²) in [7, 11) is 1.58. The Bertz CT molecular complexity index is 1810. The Labute approximate surface area is 210 Å². The van der Waals surface area contributed by atoms with Crippen molar-refractivity contribution in [1.29, 1.82) is 0 Å². The second kappa shape index (κ2) is 9.08. The molecule has 0 aliphatic carbocycles. The Hall–Kier alpha value is -5.25. The van der Waals surface area contributed by atoms with Crippen molar-refractivity contribution in [2.24, 2.45) is 12.8 Å². The summed E-state index contributed by atoms with van der Waals surface area (Å²) in [5.41, 5.74) is 8.73. The van der Waals surface area contributed by atoms with Crippen molar-refractivity contribution >= 4 is 23.0 Å². The maximum absolute atomic E-state index is 13.1. The van der Waals surface area contributed by atoms with Crippen LogP contribution >= 0.6 is 0 Å². The molecule has 2 aromatic carbocycles. The highest BCUT2D eigenvalue weighted by Crippen LogP contribution is 2.26. The SMILES string of the molecule is Cc1cn2cc(-c3ccc(-n4c(=O)ccn(C)c4=O)cc3)cc2c(C(=O)Nc2cccc(C(N)=O)c2)n1. The third-order valence-corrected chi connectivity index (χ3v) is 5.94. The third-order valence-electron chi connectivity index (χ3n) is 5.94. The molecule has 0 unspecified atom stereocenters. The topological polar surface area (TPSA) is 133 Å². The van der Waals surface area contributed by atoms with Gasteiger partial charge < -0.3 is 20.0 Å². The molecular formula is C27H22N6O4. The summed E-state index contributed by atoms with van der Waals surface area (Å²) >= 11 is 0. The molecule has 0 aliphatic heterocycles. The molecule has 5 rings (SSSR count). The third kappa shape index (κ3) is 4.43. The summed E-state index contributed by atoms with van der Waals surface area (Å²) in [5, 5.41) is 2.78. The number of fused-ring (bicyclic) bond motifs is 1. The summed E-state index contributed by atoms with van der Waals surface area (Å²) < 4.78 is 4.25. The van der Waals surface area contributed by atoms with E-state index in [9.17, 15) is 19.2 Å². The number of primary amides is 1. The van der Waals surface area contributed by atoms with Crippen LogP contribution in [0.2, 0.25) is 0 Å². The van der Waals surface area contributed by atoms with Crippen molar-refractivity contribution in [3.05, 3.63) is 117 Å². The number of aryl methyl sites for hydroxylation is 2. The van der Waals surface area contributed by atoms with Gasteiger partial charge in [0, 0.05) is 48.5 Å². The van der Waals surface area contributed by atoms with Crippen molar-refractivity contribution in [2.45, 2.75) is 6.92 Å². The molecule has 0 aliphatic rings. The van der Waals surface area contributed by atoms with E-state index < -0.39 is 23.1 Å². The minimum Gasteiger partial charge on any atom is -0.366 e. The Kier molecular flexibility index (Phi) is 5.76. The number of nitrogens with one attached hydrogen (secondary N) is 1. The Balaban J connectivity index is 1.50. The van der Waals surface area contributed by atoms with Gasteiger partial charge in [-0.1, -0.05) is 18.2 Å². The zero-order valence-electron chi connectivity index (χ0n) is 20.0. The Morgan fingerprint density at radius 1 is 0.946 bits per heavy atom. The van der Waals surface area contributed by atoms with Crippen LogP contribution in [0.15, 0.2) is 88.8 Å². The van der Waals surface area contributed by atoms with Gasteiger partial charge in [0.1, 0.15) is 0 Å². The summed E-state index contributed by atoms with van der Waals surface area (Å²) in [6, 6.07) is 16.5. The summed E-state index contributed by atoms with van der Waals surface area (Å²) in [4.78, 5) is 53.7. The van der Waals surface area contributed by atoms with E-state index in [-0.39, 0.29) is 11.3 Å². The van der Waals surface area contributed by atoms with E-state index in [2.05, 4.69) is 10.3 Å². The van der Waals surface area contributed by atoms with Gasteiger partial charge in [-0.3, -0.25) is 14.4 Å². The second-order valence-electron chi connectivity index (χ2n) is 8.58. The number of nitrogens with zero attached hydrogens (tertiary/aromatic N) is 4. The van der Waals surface area contributed by atoms with Gasteiger partial charge in [0.15, 0.2) is 5.69 Å². The number of carbonyl (C=O) groups is 2. The maximum Gasteiger partial charge on any atom is 0.335 e. The normalized spacial score (nSPS) is 11.0. The highest BCUT2D eigenvalue weighted by Gasteiger charge is 2.16. The average Bonchev–Trinajstić information content (AvgIpc) is 3.30. The molecule has 3 N–H and O–H groups in total. The number of hydrogen-bond donors (Lipinski definition) is 2. The van der Waals surface area contributed by atoms with E-state index >= 15 is 0 Å². The van der Waals surface area contributed by atoms with E-state index in [1.165, 1.54) is 22.9 Å². The molecule has 0 saturated heterocycles. The predicted molar refractivity (Wildman–Crippen MR) is 139 cm³/mol. The van der Waals surface area contributed by atoms with Crippen molar-refractivity contribution in [2.75, 3.05) is 5.32 Å². The van der Waals surface area contributed by atoms with Crippen LogP contribution in [0.25, 0.3) is 22.3 Å². The van der Waals surface area contributed by atoms with E-state index in [0.717, 1.165) is 15.7 Å². The van der Waals surface area contributed by atoms with Crippen molar-refractivity contribution < 1.29 is 9.59 Å². The largest absolute Gasteiger partial charge is 0.366 e. The first-order chi connectivity index (χ1) is 17.7. The van der Waals surface area contributed by atoms with Gasteiger partial charge in [0.05, 0.1) is 16.9 Å². The molecule has 0 bridgehead atoms. The zero-order chi connectivity index (χ0) is 26.3. The highest BCUT2D eigenvalue weighted by atomic mass is 16.2. The van der Waals surface area contributed by atoms with Crippen LogP contribution in [0, 0.1) is 6.92 Å². The second-order valence-corrected chi connectivity index (χ2v) is 8.58. The smallest absolute Gasteiger partial charge is 0.335 e. The van der Waals surface area contributed by atoms with Gasteiger partial charge in [0.2, 0.25) is 5.91 Å². The molecule has 184 valence electrons. The summed E-state index contributed by atoms with van der Waals surface area (Å²) in [6.07, 6.45) is 5.11. The number of benzene rings is 2. The molecule has 0 atom stereocenters. The van der Waals surface area contributed by atoms with Crippen LogP contribution in [0.3, 0.4) is 0 Å². The molecule has 37 heavy (non-hydrogen) atoms. The summed E-state index contributed by atoms with van der Waals surface area (Å²) in [5.74, 6) is -1.03. The maximum atomic E-state index is 13.1. The lowest BCUT2D eigenvalue weighted by Crippen LogP contribution is -2.36. The molecular weight excluding hydrogens is 472 g/mol. The number of nitrogens with two attached hydrogens (primary N) is 1. The van der Waals surface area contributed by atoms with Crippen LogP contribution in [-0.2, 0) is 7.05 Å². The number of anilines is 1. The van der Waals surface area contributed by atoms with Crippen LogP contribution in [0.4, 0.5) is 5.69 Å². The lowest BCUT2D eigenvalue weighted by molar-refractivity contribution is 0.0995. The van der Waals surface area contributed by atoms with Gasteiger partial charge in [-0.2, -0.15) is 0 Å². The van der Waals surface area contributed by atoms with E-state index in [1.54, 1.807) is 56.4 Å². The van der Waals surface area contributed by atoms with Crippen molar-refractivity contribution in [3.8, 4) is 16.8 Å². The van der Waals surface area contributed by atoms with Gasteiger partial charge in [0.25, 0.3) is 11.5 Å². The van der Waals surface area contributed by atoms with Crippen LogP contribution in [0.5, 0.6) is 0 Å². The Morgan fingerprint density at radius 3 is 2.43 bits per heavy atom. The lowest BCUT2D eigenvalue weighted by atomic mass is 10.1. The minimum absolute atomic E-state index is 0.215. The number of carbonyl (C=O) groups excluding carboxylic acids is 2. The quantitative estimate of drug-likeness (QED) is 0.387. The molecule has 3 heterocycles. The zero-order valence-corrected chi connectivity index (χ0v) is 20.0. The van der Waals surface area contributed by atoms with E-state index in [0.29, 0.717) is 22.6 Å². The minimum atomic E-state index is -0.591. The summed E-state index contributed by atoms with van der Waals surface area (Å²) in [6.45, 7) is 1.79. The van der Waals surface area contributed by atoms with Gasteiger partial charge in [-0.25, -0.2) is 14.3 Å². The fourth-order valence-electron chi connectivity index (χ4n) is 4.11. The molecule has 2 amide bonds. The van der Waals surface area contributed by atoms with Gasteiger partial charge in [-0.05, 0) is 48.9 Å². The van der Waals surface area contributed by atoms with E-state index in [1.807, 2.05) is 22.9 Å². The predicted octanol–water partition coefficient (Wildman–Crippen LogP) is 2.51.